The molecule has 2 aromatic heterocycles. The first-order valence-corrected chi connectivity index (χ1v) is 6.80. The summed E-state index contributed by atoms with van der Waals surface area (Å²) in [5.74, 6) is 1.67. The highest BCUT2D eigenvalue weighted by atomic mass is 32.1. The number of hydrogen-bond donors (Lipinski definition) is 1. The van der Waals surface area contributed by atoms with Crippen molar-refractivity contribution in [3.05, 3.63) is 24.2 Å². The Morgan fingerprint density at radius 3 is 1.63 bits per heavy atom. The van der Waals surface area contributed by atoms with Crippen LogP contribution in [0.1, 0.15) is 49.0 Å². The predicted molar refractivity (Wildman–Crippen MR) is 84.0 cm³/mol. The molecule has 6 heteroatoms. The third-order valence-electron chi connectivity index (χ3n) is 0.614. The molecule has 2 aromatic rings. The van der Waals surface area contributed by atoms with Crippen LogP contribution in [0.5, 0.6) is 0 Å². The minimum absolute atomic E-state index is 0. The van der Waals surface area contributed by atoms with Crippen molar-refractivity contribution in [3.63, 3.8) is 0 Å². The first-order valence-electron chi connectivity index (χ1n) is 5.96. The van der Waals surface area contributed by atoms with Crippen molar-refractivity contribution in [2.45, 2.75) is 49.0 Å². The zero-order valence-electron chi connectivity index (χ0n) is 12.2. The topological polar surface area (TPSA) is 67.3 Å². The van der Waals surface area contributed by atoms with Crippen LogP contribution >= 0.6 is 11.5 Å². The first kappa shape index (κ1) is 22.8. The summed E-state index contributed by atoms with van der Waals surface area (Å²) >= 11 is 1.35. The van der Waals surface area contributed by atoms with Crippen LogP contribution in [0.15, 0.2) is 24.2 Å². The van der Waals surface area contributed by atoms with Crippen molar-refractivity contribution in [1.29, 1.82) is 0 Å². The molecule has 1 N–H and O–H groups in total. The van der Waals surface area contributed by atoms with Gasteiger partial charge in [0.25, 0.3) is 0 Å². The minimum atomic E-state index is 0. The third-order valence-corrected chi connectivity index (χ3v) is 1.05. The summed E-state index contributed by atoms with van der Waals surface area (Å²) in [7, 11) is 0. The van der Waals surface area contributed by atoms with Crippen molar-refractivity contribution >= 4 is 11.5 Å². The minimum Gasteiger partial charge on any atom is -0.266 e. The van der Waals surface area contributed by atoms with Crippen molar-refractivity contribution in [2.75, 3.05) is 0 Å². The summed E-state index contributed by atoms with van der Waals surface area (Å²) in [6, 6.07) is 0. The zero-order valence-corrected chi connectivity index (χ0v) is 13.0. The first-order chi connectivity index (χ1) is 8.46. The van der Waals surface area contributed by atoms with E-state index in [0.29, 0.717) is 0 Å². The highest BCUT2D eigenvalue weighted by Gasteiger charge is 1.68. The molecule has 19 heavy (non-hydrogen) atoms. The van der Waals surface area contributed by atoms with Gasteiger partial charge in [-0.1, -0.05) is 53.5 Å². The summed E-state index contributed by atoms with van der Waals surface area (Å²) in [6.45, 7) is 13.0. The second kappa shape index (κ2) is 19.0. The van der Waals surface area contributed by atoms with Gasteiger partial charge in [-0.05, 0) is 23.4 Å². The standard InChI is InChI=1S/2C4H10.C2H3N3.C2H2N2S.CH4/c2*1-4(2)3;1-3-2-5-4-1;1-2-5-4-3-1;/h2*4H,1-3H3;1-2H,(H,3,4,5);1-2H;1H4. The molecule has 0 bridgehead atoms. The molecule has 5 nitrogen and oxygen atoms in total. The van der Waals surface area contributed by atoms with E-state index in [0.717, 1.165) is 11.8 Å². The van der Waals surface area contributed by atoms with E-state index in [4.69, 9.17) is 0 Å². The molecule has 0 aromatic carbocycles. The third kappa shape index (κ3) is 47.7. The van der Waals surface area contributed by atoms with Gasteiger partial charge in [-0.3, -0.25) is 5.10 Å². The van der Waals surface area contributed by atoms with Crippen LogP contribution in [0, 0.1) is 11.8 Å². The van der Waals surface area contributed by atoms with Gasteiger partial charge in [-0.25, -0.2) is 4.98 Å². The SMILES string of the molecule is C.CC(C)C.CC(C)C.c1csnn1.c1nc[nH]n1. The van der Waals surface area contributed by atoms with E-state index < -0.39 is 0 Å². The Kier molecular flexibility index (Phi) is 22.9. The van der Waals surface area contributed by atoms with Gasteiger partial charge in [0, 0.05) is 5.38 Å². The van der Waals surface area contributed by atoms with Gasteiger partial charge in [0.2, 0.25) is 0 Å². The smallest absolute Gasteiger partial charge is 0.137 e. The quantitative estimate of drug-likeness (QED) is 0.784. The van der Waals surface area contributed by atoms with E-state index in [1.807, 2.05) is 5.38 Å². The molecular weight excluding hydrogens is 258 g/mol. The average Bonchev–Trinajstić information content (AvgIpc) is 2.96. The van der Waals surface area contributed by atoms with Crippen LogP contribution < -0.4 is 0 Å². The molecule has 0 aliphatic heterocycles. The molecule has 0 radical (unpaired) electrons. The number of H-pyrrole nitrogens is 1. The van der Waals surface area contributed by atoms with E-state index >= 15 is 0 Å². The summed E-state index contributed by atoms with van der Waals surface area (Å²) in [5.41, 5.74) is 0. The van der Waals surface area contributed by atoms with Crippen LogP contribution in [0.25, 0.3) is 0 Å². The molecule has 0 unspecified atom stereocenters. The fourth-order valence-corrected chi connectivity index (χ4v) is 0.575. The number of hydrogen-bond acceptors (Lipinski definition) is 5. The second-order valence-corrected chi connectivity index (χ2v) is 5.35. The highest BCUT2D eigenvalue weighted by molar-refractivity contribution is 7.03. The summed E-state index contributed by atoms with van der Waals surface area (Å²) in [4.78, 5) is 3.56. The van der Waals surface area contributed by atoms with Crippen LogP contribution in [0.3, 0.4) is 0 Å². The van der Waals surface area contributed by atoms with Crippen LogP contribution in [0.2, 0.25) is 0 Å². The van der Waals surface area contributed by atoms with Crippen molar-refractivity contribution in [3.8, 4) is 0 Å². The van der Waals surface area contributed by atoms with Crippen molar-refractivity contribution < 1.29 is 0 Å². The normalized spacial score (nSPS) is 8.00. The summed E-state index contributed by atoms with van der Waals surface area (Å²) < 4.78 is 3.51. The molecule has 0 saturated heterocycles. The molecule has 2 rings (SSSR count). The summed E-state index contributed by atoms with van der Waals surface area (Å²) in [6.07, 6.45) is 4.62. The molecule has 0 spiro atoms. The van der Waals surface area contributed by atoms with E-state index in [-0.39, 0.29) is 7.43 Å². The molecule has 0 saturated carbocycles. The lowest BCUT2D eigenvalue weighted by atomic mass is 10.3. The lowest BCUT2D eigenvalue weighted by molar-refractivity contribution is 0.736. The van der Waals surface area contributed by atoms with Gasteiger partial charge in [0.1, 0.15) is 12.7 Å². The number of aromatic nitrogens is 5. The molecular formula is C13H29N5S. The Morgan fingerprint density at radius 1 is 1.00 bits per heavy atom. The van der Waals surface area contributed by atoms with Crippen LogP contribution in [-0.2, 0) is 0 Å². The Hall–Kier alpha value is -1.30. The Morgan fingerprint density at radius 2 is 1.53 bits per heavy atom. The fraction of sp³-hybridized carbons (Fsp3) is 0.692. The largest absolute Gasteiger partial charge is 0.266 e. The van der Waals surface area contributed by atoms with Gasteiger partial charge < -0.3 is 0 Å². The van der Waals surface area contributed by atoms with E-state index in [2.05, 4.69) is 66.3 Å². The lowest BCUT2D eigenvalue weighted by Gasteiger charge is -1.79. The fourth-order valence-electron chi connectivity index (χ4n) is 0.303. The monoisotopic (exact) mass is 287 g/mol. The van der Waals surface area contributed by atoms with Crippen molar-refractivity contribution in [2.24, 2.45) is 11.8 Å². The van der Waals surface area contributed by atoms with Gasteiger partial charge in [-0.2, -0.15) is 5.10 Å². The summed E-state index contributed by atoms with van der Waals surface area (Å²) in [5, 5.41) is 11.3. The van der Waals surface area contributed by atoms with E-state index in [9.17, 15) is 0 Å². The van der Waals surface area contributed by atoms with Crippen molar-refractivity contribution in [1.82, 2.24) is 24.8 Å². The van der Waals surface area contributed by atoms with Crippen LogP contribution in [0.4, 0.5) is 0 Å². The number of rotatable bonds is 0. The van der Waals surface area contributed by atoms with Crippen LogP contribution in [-0.4, -0.2) is 24.8 Å². The molecule has 0 amide bonds. The average molecular weight is 287 g/mol. The Balaban J connectivity index is -0.000000178. The Bertz CT molecular complexity index is 220. The maximum atomic E-state index is 3.56. The van der Waals surface area contributed by atoms with Gasteiger partial charge >= 0.3 is 0 Å². The van der Waals surface area contributed by atoms with Gasteiger partial charge in [0.15, 0.2) is 0 Å². The van der Waals surface area contributed by atoms with Gasteiger partial charge in [-0.15, -0.1) is 5.10 Å². The number of nitrogens with one attached hydrogen (secondary N) is 1. The molecule has 0 aliphatic carbocycles. The highest BCUT2D eigenvalue weighted by Crippen LogP contribution is 1.81. The molecule has 2 heterocycles. The van der Waals surface area contributed by atoms with E-state index in [1.54, 1.807) is 6.20 Å². The number of aromatic amines is 1. The molecule has 0 atom stereocenters. The maximum Gasteiger partial charge on any atom is 0.137 e. The maximum absolute atomic E-state index is 3.56. The predicted octanol–water partition coefficient (Wildman–Crippen LogP) is 4.30. The molecule has 0 fully saturated rings. The zero-order chi connectivity index (χ0) is 14.2. The van der Waals surface area contributed by atoms with E-state index in [1.165, 1.54) is 24.2 Å². The Labute approximate surface area is 122 Å². The molecule has 112 valence electrons. The number of nitrogens with zero attached hydrogens (tertiary/aromatic N) is 4. The van der Waals surface area contributed by atoms with Gasteiger partial charge in [0.05, 0.1) is 6.20 Å². The molecule has 0 aliphatic rings. The second-order valence-electron chi connectivity index (χ2n) is 4.70. The lowest BCUT2D eigenvalue weighted by Crippen LogP contribution is -1.66.